The van der Waals surface area contributed by atoms with Gasteiger partial charge in [0, 0.05) is 16.1 Å². The summed E-state index contributed by atoms with van der Waals surface area (Å²) in [6.07, 6.45) is 1.65. The summed E-state index contributed by atoms with van der Waals surface area (Å²) in [4.78, 5) is 33.1. The standard InChI is InChI=1S/C22H15ClN2O2S/c23-16-11-9-15(10-12-16)19-20(28-18-7-2-1-3-8-18)22(27)25(21(19)26)14-17-6-4-5-13-24-17/h1-13H,14H2. The number of aromatic nitrogens is 1. The fourth-order valence-electron chi connectivity index (χ4n) is 2.92. The molecule has 0 saturated carbocycles. The quantitative estimate of drug-likeness (QED) is 0.571. The first-order valence-corrected chi connectivity index (χ1v) is 9.82. The topological polar surface area (TPSA) is 50.3 Å². The molecule has 2 aromatic carbocycles. The number of carbonyl (C=O) groups is 2. The first-order chi connectivity index (χ1) is 13.6. The smallest absolute Gasteiger partial charge is 0.268 e. The van der Waals surface area contributed by atoms with Gasteiger partial charge in [0.2, 0.25) is 0 Å². The zero-order chi connectivity index (χ0) is 19.5. The van der Waals surface area contributed by atoms with Crippen molar-refractivity contribution in [3.63, 3.8) is 0 Å². The largest absolute Gasteiger partial charge is 0.269 e. The molecule has 1 aliphatic heterocycles. The van der Waals surface area contributed by atoms with Gasteiger partial charge >= 0.3 is 0 Å². The van der Waals surface area contributed by atoms with Gasteiger partial charge in [0.1, 0.15) is 0 Å². The SMILES string of the molecule is O=C1C(Sc2ccccc2)=C(c2ccc(Cl)cc2)C(=O)N1Cc1ccccn1. The highest BCUT2D eigenvalue weighted by atomic mass is 35.5. The molecule has 2 heterocycles. The summed E-state index contributed by atoms with van der Waals surface area (Å²) in [5.41, 5.74) is 1.72. The van der Waals surface area contributed by atoms with E-state index in [1.807, 2.05) is 36.4 Å². The number of hydrogen-bond acceptors (Lipinski definition) is 4. The molecule has 0 fully saturated rings. The normalized spacial score (nSPS) is 14.1. The molecular formula is C22H15ClN2O2S. The van der Waals surface area contributed by atoms with E-state index in [-0.39, 0.29) is 18.4 Å². The van der Waals surface area contributed by atoms with Crippen molar-refractivity contribution in [1.82, 2.24) is 9.88 Å². The van der Waals surface area contributed by atoms with Crippen molar-refractivity contribution in [1.29, 1.82) is 0 Å². The van der Waals surface area contributed by atoms with Gasteiger partial charge in [-0.3, -0.25) is 19.5 Å². The van der Waals surface area contributed by atoms with E-state index in [0.29, 0.717) is 26.8 Å². The van der Waals surface area contributed by atoms with Gasteiger partial charge in [0.05, 0.1) is 22.7 Å². The minimum absolute atomic E-state index is 0.133. The molecule has 0 N–H and O–H groups in total. The number of hydrogen-bond donors (Lipinski definition) is 0. The van der Waals surface area contributed by atoms with Crippen LogP contribution in [0.3, 0.4) is 0 Å². The van der Waals surface area contributed by atoms with Crippen molar-refractivity contribution in [3.05, 3.63) is 100 Å². The number of carbonyl (C=O) groups excluding carboxylic acids is 2. The first-order valence-electron chi connectivity index (χ1n) is 8.63. The molecule has 4 nitrogen and oxygen atoms in total. The van der Waals surface area contributed by atoms with Crippen LogP contribution < -0.4 is 0 Å². The molecule has 0 radical (unpaired) electrons. The third-order valence-electron chi connectivity index (χ3n) is 4.27. The maximum atomic E-state index is 13.2. The van der Waals surface area contributed by atoms with Crippen molar-refractivity contribution in [2.24, 2.45) is 0 Å². The zero-order valence-electron chi connectivity index (χ0n) is 14.7. The Kier molecular flexibility index (Phi) is 5.28. The highest BCUT2D eigenvalue weighted by Crippen LogP contribution is 2.40. The number of imide groups is 1. The molecule has 138 valence electrons. The monoisotopic (exact) mass is 406 g/mol. The van der Waals surface area contributed by atoms with Crippen LogP contribution in [0, 0.1) is 0 Å². The number of benzene rings is 2. The molecule has 0 spiro atoms. The fraction of sp³-hybridized carbons (Fsp3) is 0.0455. The molecule has 0 atom stereocenters. The van der Waals surface area contributed by atoms with Crippen molar-refractivity contribution < 1.29 is 9.59 Å². The summed E-state index contributed by atoms with van der Waals surface area (Å²) in [5, 5.41) is 0.573. The van der Waals surface area contributed by atoms with E-state index in [0.717, 1.165) is 4.90 Å². The summed E-state index contributed by atoms with van der Waals surface area (Å²) >= 11 is 7.29. The van der Waals surface area contributed by atoms with Crippen LogP contribution in [-0.4, -0.2) is 21.7 Å². The Balaban J connectivity index is 1.74. The molecule has 0 saturated heterocycles. The molecule has 1 aliphatic rings. The second-order valence-corrected chi connectivity index (χ2v) is 7.66. The van der Waals surface area contributed by atoms with Gasteiger partial charge in [-0.25, -0.2) is 0 Å². The average Bonchev–Trinajstić information content (AvgIpc) is 2.95. The highest BCUT2D eigenvalue weighted by molar-refractivity contribution is 8.04. The van der Waals surface area contributed by atoms with E-state index in [1.54, 1.807) is 42.6 Å². The van der Waals surface area contributed by atoms with E-state index in [9.17, 15) is 9.59 Å². The first kappa shape index (κ1) is 18.5. The molecule has 28 heavy (non-hydrogen) atoms. The fourth-order valence-corrected chi connectivity index (χ4v) is 4.08. The molecule has 0 aliphatic carbocycles. The van der Waals surface area contributed by atoms with Crippen LogP contribution >= 0.6 is 23.4 Å². The van der Waals surface area contributed by atoms with Crippen LogP contribution in [0.1, 0.15) is 11.3 Å². The molecule has 4 rings (SSSR count). The molecular weight excluding hydrogens is 392 g/mol. The van der Waals surface area contributed by atoms with Crippen molar-refractivity contribution in [2.75, 3.05) is 0 Å². The van der Waals surface area contributed by atoms with Crippen LogP contribution in [0.2, 0.25) is 5.02 Å². The molecule has 0 bridgehead atoms. The minimum Gasteiger partial charge on any atom is -0.269 e. The lowest BCUT2D eigenvalue weighted by Crippen LogP contribution is -2.31. The Morgan fingerprint density at radius 1 is 0.857 bits per heavy atom. The third-order valence-corrected chi connectivity index (χ3v) is 5.61. The second kappa shape index (κ2) is 8.00. The average molecular weight is 407 g/mol. The van der Waals surface area contributed by atoms with Crippen LogP contribution in [0.25, 0.3) is 5.57 Å². The lowest BCUT2D eigenvalue weighted by atomic mass is 10.1. The van der Waals surface area contributed by atoms with Crippen molar-refractivity contribution in [2.45, 2.75) is 11.4 Å². The van der Waals surface area contributed by atoms with Crippen LogP contribution in [-0.2, 0) is 16.1 Å². The maximum absolute atomic E-state index is 13.2. The summed E-state index contributed by atoms with van der Waals surface area (Å²) in [7, 11) is 0. The molecule has 3 aromatic rings. The number of amides is 2. The number of pyridine rings is 1. The van der Waals surface area contributed by atoms with Crippen LogP contribution in [0.5, 0.6) is 0 Å². The van der Waals surface area contributed by atoms with E-state index >= 15 is 0 Å². The Morgan fingerprint density at radius 3 is 2.25 bits per heavy atom. The minimum atomic E-state index is -0.323. The molecule has 1 aromatic heterocycles. The van der Waals surface area contributed by atoms with Crippen molar-refractivity contribution >= 4 is 40.8 Å². The summed E-state index contributed by atoms with van der Waals surface area (Å²) in [6.45, 7) is 0.133. The Bertz CT molecular complexity index is 1050. The van der Waals surface area contributed by atoms with Gasteiger partial charge in [-0.15, -0.1) is 0 Å². The van der Waals surface area contributed by atoms with E-state index in [1.165, 1.54) is 16.7 Å². The Labute approximate surface area is 171 Å². The van der Waals surface area contributed by atoms with Gasteiger partial charge < -0.3 is 0 Å². The predicted molar refractivity (Wildman–Crippen MR) is 110 cm³/mol. The van der Waals surface area contributed by atoms with Crippen LogP contribution in [0.4, 0.5) is 0 Å². The van der Waals surface area contributed by atoms with E-state index in [2.05, 4.69) is 4.98 Å². The Hall–Kier alpha value is -2.89. The maximum Gasteiger partial charge on any atom is 0.268 e. The third kappa shape index (κ3) is 3.72. The predicted octanol–water partition coefficient (Wildman–Crippen LogP) is 4.81. The van der Waals surface area contributed by atoms with Gasteiger partial charge in [-0.1, -0.05) is 59.8 Å². The summed E-state index contributed by atoms with van der Waals surface area (Å²) in [6, 6.07) is 21.9. The molecule has 0 unspecified atom stereocenters. The van der Waals surface area contributed by atoms with Crippen molar-refractivity contribution in [3.8, 4) is 0 Å². The highest BCUT2D eigenvalue weighted by Gasteiger charge is 2.39. The van der Waals surface area contributed by atoms with Crippen LogP contribution in [0.15, 0.2) is 88.8 Å². The van der Waals surface area contributed by atoms with Gasteiger partial charge in [0.25, 0.3) is 11.8 Å². The summed E-state index contributed by atoms with van der Waals surface area (Å²) < 4.78 is 0. The van der Waals surface area contributed by atoms with Gasteiger partial charge in [-0.2, -0.15) is 0 Å². The number of halogens is 1. The van der Waals surface area contributed by atoms with Gasteiger partial charge in [-0.05, 0) is 42.0 Å². The number of rotatable bonds is 5. The zero-order valence-corrected chi connectivity index (χ0v) is 16.3. The number of nitrogens with zero attached hydrogens (tertiary/aromatic N) is 2. The lowest BCUT2D eigenvalue weighted by molar-refractivity contribution is -0.137. The Morgan fingerprint density at radius 2 is 1.57 bits per heavy atom. The molecule has 2 amide bonds. The second-order valence-electron chi connectivity index (χ2n) is 6.14. The molecule has 6 heteroatoms. The van der Waals surface area contributed by atoms with Gasteiger partial charge in [0.15, 0.2) is 0 Å². The number of thioether (sulfide) groups is 1. The summed E-state index contributed by atoms with van der Waals surface area (Å²) in [5.74, 6) is -0.633. The van der Waals surface area contributed by atoms with E-state index < -0.39 is 0 Å². The lowest BCUT2D eigenvalue weighted by Gasteiger charge is -2.14. The van der Waals surface area contributed by atoms with E-state index in [4.69, 9.17) is 11.6 Å².